The molecule has 0 unspecified atom stereocenters. The standard InChI is InChI=1S/C10H14N2/c1-3-8-12-10-7-5-4-6-9(10)11-2/h4-7,12H,2-3,8H2,1H3. The van der Waals surface area contributed by atoms with E-state index in [-0.39, 0.29) is 0 Å². The van der Waals surface area contributed by atoms with Crippen molar-refractivity contribution in [2.45, 2.75) is 13.3 Å². The lowest BCUT2D eigenvalue weighted by Gasteiger charge is -2.06. The monoisotopic (exact) mass is 162 g/mol. The third-order valence-corrected chi connectivity index (χ3v) is 1.64. The zero-order valence-corrected chi connectivity index (χ0v) is 7.38. The maximum Gasteiger partial charge on any atom is 0.0853 e. The van der Waals surface area contributed by atoms with Crippen LogP contribution in [0.3, 0.4) is 0 Å². The maximum absolute atomic E-state index is 3.91. The molecule has 0 saturated carbocycles. The second-order valence-corrected chi connectivity index (χ2v) is 2.60. The molecule has 2 heteroatoms. The molecule has 0 bridgehead atoms. The van der Waals surface area contributed by atoms with Crippen LogP contribution in [0, 0.1) is 0 Å². The Morgan fingerprint density at radius 1 is 1.42 bits per heavy atom. The van der Waals surface area contributed by atoms with E-state index in [1.807, 2.05) is 24.3 Å². The second kappa shape index (κ2) is 4.54. The summed E-state index contributed by atoms with van der Waals surface area (Å²) in [5, 5.41) is 3.28. The van der Waals surface area contributed by atoms with Gasteiger partial charge in [0.15, 0.2) is 0 Å². The fraction of sp³-hybridized carbons (Fsp3) is 0.300. The highest BCUT2D eigenvalue weighted by atomic mass is 14.9. The van der Waals surface area contributed by atoms with Crippen molar-refractivity contribution in [3.8, 4) is 0 Å². The average molecular weight is 162 g/mol. The van der Waals surface area contributed by atoms with Gasteiger partial charge in [0.05, 0.1) is 11.4 Å². The van der Waals surface area contributed by atoms with E-state index in [0.717, 1.165) is 24.3 Å². The molecule has 0 saturated heterocycles. The Hall–Kier alpha value is -1.31. The molecule has 1 aromatic rings. The first-order valence-electron chi connectivity index (χ1n) is 4.18. The number of nitrogens with one attached hydrogen (secondary N) is 1. The van der Waals surface area contributed by atoms with Gasteiger partial charge in [-0.05, 0) is 25.3 Å². The van der Waals surface area contributed by atoms with E-state index in [0.29, 0.717) is 0 Å². The summed E-state index contributed by atoms with van der Waals surface area (Å²) in [6, 6.07) is 7.92. The first-order chi connectivity index (χ1) is 5.88. The fourth-order valence-electron chi connectivity index (χ4n) is 1.02. The zero-order chi connectivity index (χ0) is 8.81. The summed E-state index contributed by atoms with van der Waals surface area (Å²) in [4.78, 5) is 3.91. The van der Waals surface area contributed by atoms with Crippen LogP contribution < -0.4 is 5.32 Å². The summed E-state index contributed by atoms with van der Waals surface area (Å²) in [6.07, 6.45) is 1.12. The third-order valence-electron chi connectivity index (χ3n) is 1.64. The number of benzene rings is 1. The van der Waals surface area contributed by atoms with Gasteiger partial charge in [-0.15, -0.1) is 0 Å². The van der Waals surface area contributed by atoms with Gasteiger partial charge in [0, 0.05) is 6.54 Å². The molecule has 0 aromatic heterocycles. The highest BCUT2D eigenvalue weighted by molar-refractivity contribution is 5.67. The molecular weight excluding hydrogens is 148 g/mol. The summed E-state index contributed by atoms with van der Waals surface area (Å²) in [5.74, 6) is 0. The predicted molar refractivity (Wildman–Crippen MR) is 54.4 cm³/mol. The van der Waals surface area contributed by atoms with Crippen LogP contribution in [0.2, 0.25) is 0 Å². The first-order valence-corrected chi connectivity index (χ1v) is 4.18. The molecule has 0 aliphatic carbocycles. The van der Waals surface area contributed by atoms with Crippen LogP contribution in [-0.4, -0.2) is 13.3 Å². The van der Waals surface area contributed by atoms with E-state index in [9.17, 15) is 0 Å². The van der Waals surface area contributed by atoms with Crippen LogP contribution in [-0.2, 0) is 0 Å². The molecule has 1 rings (SSSR count). The minimum absolute atomic E-state index is 0.922. The van der Waals surface area contributed by atoms with Crippen molar-refractivity contribution in [3.63, 3.8) is 0 Å². The van der Waals surface area contributed by atoms with Gasteiger partial charge in [-0.25, -0.2) is 0 Å². The van der Waals surface area contributed by atoms with E-state index in [2.05, 4.69) is 24.0 Å². The van der Waals surface area contributed by atoms with Gasteiger partial charge in [-0.2, -0.15) is 0 Å². The minimum atomic E-state index is 0.922. The van der Waals surface area contributed by atoms with Crippen LogP contribution in [0.5, 0.6) is 0 Å². The molecule has 1 aromatic carbocycles. The number of rotatable bonds is 4. The zero-order valence-electron chi connectivity index (χ0n) is 7.38. The van der Waals surface area contributed by atoms with Crippen molar-refractivity contribution in [2.75, 3.05) is 11.9 Å². The van der Waals surface area contributed by atoms with Crippen molar-refractivity contribution >= 4 is 18.1 Å². The quantitative estimate of drug-likeness (QED) is 0.676. The molecule has 0 fully saturated rings. The van der Waals surface area contributed by atoms with Crippen LogP contribution in [0.4, 0.5) is 11.4 Å². The molecule has 0 heterocycles. The third kappa shape index (κ3) is 2.09. The van der Waals surface area contributed by atoms with E-state index in [4.69, 9.17) is 0 Å². The molecular formula is C10H14N2. The molecule has 0 radical (unpaired) electrons. The molecule has 0 atom stereocenters. The Kier molecular flexibility index (Phi) is 3.33. The number of anilines is 1. The summed E-state index contributed by atoms with van der Waals surface area (Å²) in [6.45, 7) is 6.62. The van der Waals surface area contributed by atoms with E-state index in [1.54, 1.807) is 0 Å². The Labute approximate surface area is 73.3 Å². The van der Waals surface area contributed by atoms with Crippen molar-refractivity contribution < 1.29 is 0 Å². The van der Waals surface area contributed by atoms with Gasteiger partial charge in [0.1, 0.15) is 0 Å². The molecule has 0 spiro atoms. The topological polar surface area (TPSA) is 24.4 Å². The van der Waals surface area contributed by atoms with Crippen molar-refractivity contribution in [1.29, 1.82) is 0 Å². The smallest absolute Gasteiger partial charge is 0.0853 e. The number of para-hydroxylation sites is 2. The van der Waals surface area contributed by atoms with Crippen molar-refractivity contribution in [3.05, 3.63) is 24.3 Å². The molecule has 0 amide bonds. The largest absolute Gasteiger partial charge is 0.383 e. The lowest BCUT2D eigenvalue weighted by molar-refractivity contribution is 0.980. The molecule has 1 N–H and O–H groups in total. The highest BCUT2D eigenvalue weighted by Crippen LogP contribution is 2.22. The van der Waals surface area contributed by atoms with Gasteiger partial charge < -0.3 is 5.32 Å². The molecule has 2 nitrogen and oxygen atoms in total. The van der Waals surface area contributed by atoms with Gasteiger partial charge in [-0.3, -0.25) is 4.99 Å². The molecule has 12 heavy (non-hydrogen) atoms. The number of hydrogen-bond acceptors (Lipinski definition) is 2. The maximum atomic E-state index is 3.91. The summed E-state index contributed by atoms with van der Waals surface area (Å²) < 4.78 is 0. The SMILES string of the molecule is C=Nc1ccccc1NCCC. The van der Waals surface area contributed by atoms with Crippen LogP contribution in [0.1, 0.15) is 13.3 Å². The van der Waals surface area contributed by atoms with Gasteiger partial charge >= 0.3 is 0 Å². The normalized spacial score (nSPS) is 9.42. The van der Waals surface area contributed by atoms with E-state index < -0.39 is 0 Å². The first kappa shape index (κ1) is 8.78. The van der Waals surface area contributed by atoms with Crippen LogP contribution >= 0.6 is 0 Å². The Balaban J connectivity index is 2.75. The molecule has 0 aliphatic heterocycles. The lowest BCUT2D eigenvalue weighted by Crippen LogP contribution is -1.99. The Morgan fingerprint density at radius 2 is 2.17 bits per heavy atom. The van der Waals surface area contributed by atoms with Gasteiger partial charge in [-0.1, -0.05) is 19.1 Å². The summed E-state index contributed by atoms with van der Waals surface area (Å²) >= 11 is 0. The fourth-order valence-corrected chi connectivity index (χ4v) is 1.02. The lowest BCUT2D eigenvalue weighted by atomic mass is 10.2. The molecule has 0 aliphatic rings. The summed E-state index contributed by atoms with van der Waals surface area (Å²) in [5.41, 5.74) is 1.99. The number of hydrogen-bond donors (Lipinski definition) is 1. The van der Waals surface area contributed by atoms with Crippen molar-refractivity contribution in [2.24, 2.45) is 4.99 Å². The summed E-state index contributed by atoms with van der Waals surface area (Å²) in [7, 11) is 0. The van der Waals surface area contributed by atoms with Gasteiger partial charge in [0.25, 0.3) is 0 Å². The highest BCUT2D eigenvalue weighted by Gasteiger charge is 1.95. The van der Waals surface area contributed by atoms with Crippen LogP contribution in [0.15, 0.2) is 29.3 Å². The average Bonchev–Trinajstić information content (AvgIpc) is 2.15. The molecule has 64 valence electrons. The second-order valence-electron chi connectivity index (χ2n) is 2.60. The Bertz CT molecular complexity index is 256. The minimum Gasteiger partial charge on any atom is -0.383 e. The van der Waals surface area contributed by atoms with Crippen LogP contribution in [0.25, 0.3) is 0 Å². The van der Waals surface area contributed by atoms with E-state index >= 15 is 0 Å². The number of nitrogens with zero attached hydrogens (tertiary/aromatic N) is 1. The predicted octanol–water partition coefficient (Wildman–Crippen LogP) is 2.84. The van der Waals surface area contributed by atoms with Gasteiger partial charge in [0.2, 0.25) is 0 Å². The van der Waals surface area contributed by atoms with Crippen molar-refractivity contribution in [1.82, 2.24) is 0 Å². The Morgan fingerprint density at radius 3 is 2.83 bits per heavy atom. The number of aliphatic imine (C=N–C) groups is 1. The van der Waals surface area contributed by atoms with E-state index in [1.165, 1.54) is 0 Å².